The second-order valence-electron chi connectivity index (χ2n) is 3.52. The summed E-state index contributed by atoms with van der Waals surface area (Å²) in [7, 11) is 0. The predicted molar refractivity (Wildman–Crippen MR) is 61.0 cm³/mol. The Labute approximate surface area is 101 Å². The highest BCUT2D eigenvalue weighted by atomic mass is 16.5. The van der Waals surface area contributed by atoms with Crippen molar-refractivity contribution in [1.29, 1.82) is 0 Å². The Balaban J connectivity index is 3.01. The molecule has 0 radical (unpaired) electrons. The minimum atomic E-state index is -0.984. The summed E-state index contributed by atoms with van der Waals surface area (Å²) in [4.78, 5) is 10.1. The van der Waals surface area contributed by atoms with Crippen LogP contribution in [0.2, 0.25) is 0 Å². The van der Waals surface area contributed by atoms with Gasteiger partial charge in [0.05, 0.1) is 32.5 Å². The average molecular weight is 250 g/mol. The molecule has 0 aromatic heterocycles. The fraction of sp³-hybridized carbons (Fsp3) is 0.909. The molecule has 0 bridgehead atoms. The largest absolute Gasteiger partial charge is 0.480 e. The summed E-state index contributed by atoms with van der Waals surface area (Å²) in [5.41, 5.74) is 0. The number of hydrogen-bond donors (Lipinski definition) is 2. The van der Waals surface area contributed by atoms with Crippen molar-refractivity contribution in [3.63, 3.8) is 0 Å². The van der Waals surface area contributed by atoms with Crippen LogP contribution in [-0.4, -0.2) is 61.9 Å². The van der Waals surface area contributed by atoms with Gasteiger partial charge in [-0.15, -0.1) is 0 Å². The van der Waals surface area contributed by atoms with E-state index < -0.39 is 5.97 Å². The molecule has 0 aliphatic heterocycles. The van der Waals surface area contributed by atoms with Crippen LogP contribution in [0.5, 0.6) is 0 Å². The quantitative estimate of drug-likeness (QED) is 0.484. The van der Waals surface area contributed by atoms with Crippen LogP contribution in [0, 0.1) is 0 Å². The minimum absolute atomic E-state index is 0.265. The van der Waals surface area contributed by atoms with E-state index in [9.17, 15) is 9.90 Å². The van der Waals surface area contributed by atoms with Crippen molar-refractivity contribution in [2.45, 2.75) is 25.9 Å². The third-order valence-corrected chi connectivity index (χ3v) is 2.04. The first-order valence-corrected chi connectivity index (χ1v) is 5.80. The van der Waals surface area contributed by atoms with E-state index in [1.165, 1.54) is 0 Å². The number of aliphatic hydroxyl groups excluding tert-OH is 1. The van der Waals surface area contributed by atoms with Crippen molar-refractivity contribution in [3.05, 3.63) is 0 Å². The number of ether oxygens (including phenoxy) is 3. The van der Waals surface area contributed by atoms with E-state index in [2.05, 4.69) is 0 Å². The average Bonchev–Trinajstić information content (AvgIpc) is 2.30. The van der Waals surface area contributed by atoms with Gasteiger partial charge >= 0.3 is 5.97 Å². The smallest absolute Gasteiger partial charge is 0.329 e. The first-order chi connectivity index (χ1) is 8.16. The molecule has 0 spiro atoms. The van der Waals surface area contributed by atoms with Crippen molar-refractivity contribution in [1.82, 2.24) is 0 Å². The van der Waals surface area contributed by atoms with Gasteiger partial charge in [0.1, 0.15) is 6.61 Å². The van der Waals surface area contributed by atoms with Gasteiger partial charge in [0, 0.05) is 6.61 Å². The molecule has 0 aliphatic carbocycles. The van der Waals surface area contributed by atoms with Gasteiger partial charge in [-0.05, 0) is 12.8 Å². The third kappa shape index (κ3) is 13.2. The lowest BCUT2D eigenvalue weighted by Gasteiger charge is -2.08. The minimum Gasteiger partial charge on any atom is -0.480 e. The van der Waals surface area contributed by atoms with Crippen LogP contribution in [0.3, 0.4) is 0 Å². The van der Waals surface area contributed by atoms with E-state index in [0.29, 0.717) is 32.8 Å². The Bertz CT molecular complexity index is 185. The number of aliphatic hydroxyl groups is 1. The number of hydrogen-bond acceptors (Lipinski definition) is 5. The Kier molecular flexibility index (Phi) is 11.3. The van der Waals surface area contributed by atoms with E-state index in [-0.39, 0.29) is 19.3 Å². The van der Waals surface area contributed by atoms with E-state index in [0.717, 1.165) is 6.42 Å². The molecule has 2 N–H and O–H groups in total. The fourth-order valence-corrected chi connectivity index (χ4v) is 1.02. The zero-order valence-electron chi connectivity index (χ0n) is 10.3. The molecule has 0 saturated carbocycles. The summed E-state index contributed by atoms with van der Waals surface area (Å²) in [5.74, 6) is -0.984. The maximum absolute atomic E-state index is 10.1. The highest BCUT2D eigenvalue weighted by Crippen LogP contribution is 1.96. The summed E-state index contributed by atoms with van der Waals surface area (Å²) in [5, 5.41) is 17.5. The molecule has 6 nitrogen and oxygen atoms in total. The molecule has 6 heteroatoms. The van der Waals surface area contributed by atoms with Crippen LogP contribution in [0.1, 0.15) is 19.8 Å². The molecule has 1 unspecified atom stereocenters. The van der Waals surface area contributed by atoms with Crippen LogP contribution in [0.15, 0.2) is 0 Å². The lowest BCUT2D eigenvalue weighted by Crippen LogP contribution is -2.14. The summed E-state index contributed by atoms with van der Waals surface area (Å²) < 4.78 is 15.1. The van der Waals surface area contributed by atoms with E-state index >= 15 is 0 Å². The van der Waals surface area contributed by atoms with Crippen LogP contribution in [0.4, 0.5) is 0 Å². The zero-order chi connectivity index (χ0) is 12.9. The Hall–Kier alpha value is -0.690. The first kappa shape index (κ1) is 16.3. The molecule has 0 aliphatic rings. The zero-order valence-corrected chi connectivity index (χ0v) is 10.3. The van der Waals surface area contributed by atoms with Crippen molar-refractivity contribution < 1.29 is 29.2 Å². The number of carboxylic acid groups (broad SMARTS) is 1. The molecule has 0 saturated heterocycles. The Morgan fingerprint density at radius 3 is 2.12 bits per heavy atom. The maximum Gasteiger partial charge on any atom is 0.329 e. The topological polar surface area (TPSA) is 85.2 Å². The van der Waals surface area contributed by atoms with Crippen molar-refractivity contribution >= 4 is 5.97 Å². The normalized spacial score (nSPS) is 12.6. The van der Waals surface area contributed by atoms with Gasteiger partial charge in [-0.2, -0.15) is 0 Å². The molecule has 102 valence electrons. The highest BCUT2D eigenvalue weighted by Gasteiger charge is 1.99. The second-order valence-corrected chi connectivity index (χ2v) is 3.52. The summed E-state index contributed by atoms with van der Waals surface area (Å²) in [6, 6.07) is 0. The fourth-order valence-electron chi connectivity index (χ4n) is 1.02. The molecule has 0 aromatic carbocycles. The van der Waals surface area contributed by atoms with Gasteiger partial charge in [0.25, 0.3) is 0 Å². The Morgan fingerprint density at radius 1 is 1.06 bits per heavy atom. The summed E-state index contributed by atoms with van der Waals surface area (Å²) in [6.07, 6.45) is 1.08. The Morgan fingerprint density at radius 2 is 1.59 bits per heavy atom. The maximum atomic E-state index is 10.1. The number of rotatable bonds is 12. The number of carboxylic acids is 1. The molecule has 0 rings (SSSR count). The van der Waals surface area contributed by atoms with Crippen molar-refractivity contribution in [2.75, 3.05) is 39.6 Å². The van der Waals surface area contributed by atoms with Gasteiger partial charge < -0.3 is 24.4 Å². The first-order valence-electron chi connectivity index (χ1n) is 5.80. The highest BCUT2D eigenvalue weighted by molar-refractivity contribution is 5.67. The van der Waals surface area contributed by atoms with E-state index in [4.69, 9.17) is 19.3 Å². The van der Waals surface area contributed by atoms with E-state index in [1.807, 2.05) is 6.92 Å². The predicted octanol–water partition coefficient (Wildman–Crippen LogP) is 0.282. The van der Waals surface area contributed by atoms with Crippen LogP contribution in [0.25, 0.3) is 0 Å². The van der Waals surface area contributed by atoms with Crippen LogP contribution < -0.4 is 0 Å². The van der Waals surface area contributed by atoms with Crippen LogP contribution in [-0.2, 0) is 19.0 Å². The van der Waals surface area contributed by atoms with Gasteiger partial charge in [0.15, 0.2) is 0 Å². The molecule has 0 fully saturated rings. The van der Waals surface area contributed by atoms with Gasteiger partial charge in [-0.3, -0.25) is 0 Å². The number of carbonyl (C=O) groups is 1. The summed E-state index contributed by atoms with van der Waals surface area (Å²) in [6.45, 7) is 3.68. The molecule has 1 atom stereocenters. The summed E-state index contributed by atoms with van der Waals surface area (Å²) >= 11 is 0. The van der Waals surface area contributed by atoms with Crippen molar-refractivity contribution in [3.8, 4) is 0 Å². The lowest BCUT2D eigenvalue weighted by atomic mass is 10.2. The van der Waals surface area contributed by atoms with E-state index in [1.54, 1.807) is 0 Å². The second kappa shape index (κ2) is 11.8. The SMILES string of the molecule is CCC(O)CCOCCOCCOCC(=O)O. The molecular formula is C11H22O6. The lowest BCUT2D eigenvalue weighted by molar-refractivity contribution is -0.142. The van der Waals surface area contributed by atoms with Crippen LogP contribution >= 0.6 is 0 Å². The molecule has 0 heterocycles. The third-order valence-electron chi connectivity index (χ3n) is 2.04. The molecule has 0 amide bonds. The monoisotopic (exact) mass is 250 g/mol. The standard InChI is InChI=1S/C11H22O6/c1-2-10(12)3-4-15-5-6-16-7-8-17-9-11(13)14/h10,12H,2-9H2,1H3,(H,13,14). The van der Waals surface area contributed by atoms with Crippen molar-refractivity contribution in [2.24, 2.45) is 0 Å². The molecular weight excluding hydrogens is 228 g/mol. The van der Waals surface area contributed by atoms with Gasteiger partial charge in [-0.25, -0.2) is 4.79 Å². The van der Waals surface area contributed by atoms with Gasteiger partial charge in [-0.1, -0.05) is 6.92 Å². The molecule has 17 heavy (non-hydrogen) atoms. The van der Waals surface area contributed by atoms with Gasteiger partial charge in [0.2, 0.25) is 0 Å². The number of aliphatic carboxylic acids is 1. The molecule has 0 aromatic rings.